The molecule has 0 aromatic carbocycles. The summed E-state index contributed by atoms with van der Waals surface area (Å²) in [5.74, 6) is 1.01. The average molecular weight is 265 g/mol. The molecule has 1 rings (SSSR count). The molecule has 4 nitrogen and oxygen atoms in total. The zero-order valence-electron chi connectivity index (χ0n) is 12.4. The number of pyridine rings is 1. The van der Waals surface area contributed by atoms with Crippen molar-refractivity contribution in [1.29, 1.82) is 0 Å². The molecule has 4 heteroatoms. The van der Waals surface area contributed by atoms with Crippen molar-refractivity contribution in [2.24, 2.45) is 0 Å². The molecule has 1 unspecified atom stereocenters. The molecule has 0 radical (unpaired) electrons. The van der Waals surface area contributed by atoms with Crippen LogP contribution in [-0.4, -0.2) is 31.1 Å². The van der Waals surface area contributed by atoms with Gasteiger partial charge in [0.05, 0.1) is 18.9 Å². The van der Waals surface area contributed by atoms with Crippen LogP contribution in [0.15, 0.2) is 6.20 Å². The molecule has 19 heavy (non-hydrogen) atoms. The Hall–Kier alpha value is -1.42. The van der Waals surface area contributed by atoms with Crippen molar-refractivity contribution in [1.82, 2.24) is 4.98 Å². The minimum atomic E-state index is 0.116. The topological polar surface area (TPSA) is 48.4 Å². The first-order chi connectivity index (χ1) is 8.99. The van der Waals surface area contributed by atoms with Gasteiger partial charge in [-0.1, -0.05) is 0 Å². The van der Waals surface area contributed by atoms with E-state index in [0.717, 1.165) is 29.0 Å². The number of hydrogen-bond acceptors (Lipinski definition) is 4. The SMILES string of the molecule is COc1c(C)cnc(CC(=O)CCC(C)OC)c1C. The lowest BCUT2D eigenvalue weighted by Crippen LogP contribution is -2.12. The van der Waals surface area contributed by atoms with Gasteiger partial charge in [-0.05, 0) is 27.2 Å². The van der Waals surface area contributed by atoms with E-state index in [-0.39, 0.29) is 11.9 Å². The summed E-state index contributed by atoms with van der Waals surface area (Å²) >= 11 is 0. The van der Waals surface area contributed by atoms with E-state index in [0.29, 0.717) is 12.8 Å². The molecule has 0 saturated carbocycles. The Morgan fingerprint density at radius 3 is 2.63 bits per heavy atom. The smallest absolute Gasteiger partial charge is 0.138 e. The molecular formula is C15H23NO3. The fourth-order valence-electron chi connectivity index (χ4n) is 2.01. The third-order valence-corrected chi connectivity index (χ3v) is 3.35. The van der Waals surface area contributed by atoms with Crippen LogP contribution in [0.2, 0.25) is 0 Å². The minimum Gasteiger partial charge on any atom is -0.496 e. The predicted octanol–water partition coefficient (Wildman–Crippen LogP) is 2.63. The monoisotopic (exact) mass is 265 g/mol. The summed E-state index contributed by atoms with van der Waals surface area (Å²) < 4.78 is 10.5. The Balaban J connectivity index is 2.69. The molecule has 0 aliphatic carbocycles. The largest absolute Gasteiger partial charge is 0.496 e. The van der Waals surface area contributed by atoms with Crippen LogP contribution < -0.4 is 4.74 Å². The zero-order chi connectivity index (χ0) is 14.4. The van der Waals surface area contributed by atoms with Crippen molar-refractivity contribution in [2.45, 2.75) is 46.1 Å². The number of hydrogen-bond donors (Lipinski definition) is 0. The first-order valence-electron chi connectivity index (χ1n) is 6.53. The molecule has 1 atom stereocenters. The van der Waals surface area contributed by atoms with E-state index in [2.05, 4.69) is 4.98 Å². The summed E-state index contributed by atoms with van der Waals surface area (Å²) in [6, 6.07) is 0. The Morgan fingerprint density at radius 1 is 1.37 bits per heavy atom. The van der Waals surface area contributed by atoms with Crippen molar-refractivity contribution >= 4 is 5.78 Å². The summed E-state index contributed by atoms with van der Waals surface area (Å²) in [4.78, 5) is 16.3. The second-order valence-corrected chi connectivity index (χ2v) is 4.85. The van der Waals surface area contributed by atoms with Gasteiger partial charge in [-0.25, -0.2) is 0 Å². The molecule has 0 saturated heterocycles. The molecule has 0 aliphatic heterocycles. The third kappa shape index (κ3) is 4.31. The van der Waals surface area contributed by atoms with Crippen LogP contribution in [0.5, 0.6) is 5.75 Å². The molecule has 0 aliphatic rings. The third-order valence-electron chi connectivity index (χ3n) is 3.35. The Bertz CT molecular complexity index is 443. The Morgan fingerprint density at radius 2 is 2.05 bits per heavy atom. The van der Waals surface area contributed by atoms with Gasteiger partial charge in [0.15, 0.2) is 0 Å². The Labute approximate surface area is 115 Å². The maximum absolute atomic E-state index is 11.9. The first-order valence-corrected chi connectivity index (χ1v) is 6.53. The number of Topliss-reactive ketones (excluding diaryl/α,β-unsaturated/α-hetero) is 1. The number of ether oxygens (including phenoxy) is 2. The molecule has 1 heterocycles. The lowest BCUT2D eigenvalue weighted by molar-refractivity contribution is -0.119. The van der Waals surface area contributed by atoms with Gasteiger partial charge in [0.2, 0.25) is 0 Å². The average Bonchev–Trinajstić information content (AvgIpc) is 2.40. The van der Waals surface area contributed by atoms with Crippen molar-refractivity contribution in [2.75, 3.05) is 14.2 Å². The lowest BCUT2D eigenvalue weighted by Gasteiger charge is -2.12. The van der Waals surface area contributed by atoms with Crippen LogP contribution in [0.3, 0.4) is 0 Å². The number of aryl methyl sites for hydroxylation is 1. The van der Waals surface area contributed by atoms with Gasteiger partial charge in [0.25, 0.3) is 0 Å². The molecule has 0 bridgehead atoms. The molecule has 0 N–H and O–H groups in total. The summed E-state index contributed by atoms with van der Waals surface area (Å²) in [5, 5.41) is 0. The highest BCUT2D eigenvalue weighted by Crippen LogP contribution is 2.24. The summed E-state index contributed by atoms with van der Waals surface area (Å²) in [6.07, 6.45) is 3.50. The fraction of sp³-hybridized carbons (Fsp3) is 0.600. The van der Waals surface area contributed by atoms with Gasteiger partial charge in [-0.3, -0.25) is 9.78 Å². The van der Waals surface area contributed by atoms with Gasteiger partial charge in [-0.2, -0.15) is 0 Å². The van der Waals surface area contributed by atoms with E-state index in [4.69, 9.17) is 9.47 Å². The van der Waals surface area contributed by atoms with Crippen molar-refractivity contribution < 1.29 is 14.3 Å². The van der Waals surface area contributed by atoms with E-state index >= 15 is 0 Å². The minimum absolute atomic E-state index is 0.116. The summed E-state index contributed by atoms with van der Waals surface area (Å²) in [6.45, 7) is 5.86. The van der Waals surface area contributed by atoms with E-state index < -0.39 is 0 Å². The van der Waals surface area contributed by atoms with Gasteiger partial charge in [0, 0.05) is 37.3 Å². The van der Waals surface area contributed by atoms with Gasteiger partial charge < -0.3 is 9.47 Å². The van der Waals surface area contributed by atoms with Crippen LogP contribution >= 0.6 is 0 Å². The number of aromatic nitrogens is 1. The van der Waals surface area contributed by atoms with E-state index in [1.807, 2.05) is 20.8 Å². The van der Waals surface area contributed by atoms with Gasteiger partial charge >= 0.3 is 0 Å². The number of ketones is 1. The maximum Gasteiger partial charge on any atom is 0.138 e. The number of rotatable bonds is 7. The highest BCUT2D eigenvalue weighted by Gasteiger charge is 2.13. The van der Waals surface area contributed by atoms with Crippen molar-refractivity contribution in [3.05, 3.63) is 23.0 Å². The lowest BCUT2D eigenvalue weighted by atomic mass is 10.0. The number of methoxy groups -OCH3 is 2. The molecule has 106 valence electrons. The number of carbonyl (C=O) groups is 1. The van der Waals surface area contributed by atoms with E-state index in [9.17, 15) is 4.79 Å². The highest BCUT2D eigenvalue weighted by molar-refractivity contribution is 5.81. The molecular weight excluding hydrogens is 242 g/mol. The molecule has 0 spiro atoms. The normalized spacial score (nSPS) is 12.3. The van der Waals surface area contributed by atoms with Crippen LogP contribution in [0, 0.1) is 13.8 Å². The highest BCUT2D eigenvalue weighted by atomic mass is 16.5. The van der Waals surface area contributed by atoms with Gasteiger partial charge in [-0.15, -0.1) is 0 Å². The molecule has 1 aromatic heterocycles. The van der Waals surface area contributed by atoms with E-state index in [1.165, 1.54) is 0 Å². The van der Waals surface area contributed by atoms with Crippen LogP contribution in [0.1, 0.15) is 36.6 Å². The van der Waals surface area contributed by atoms with E-state index in [1.54, 1.807) is 20.4 Å². The van der Waals surface area contributed by atoms with Crippen LogP contribution in [-0.2, 0) is 16.0 Å². The van der Waals surface area contributed by atoms with Crippen molar-refractivity contribution in [3.8, 4) is 5.75 Å². The fourth-order valence-corrected chi connectivity index (χ4v) is 2.01. The second-order valence-electron chi connectivity index (χ2n) is 4.85. The first kappa shape index (κ1) is 15.6. The quantitative estimate of drug-likeness (QED) is 0.760. The predicted molar refractivity (Wildman–Crippen MR) is 74.7 cm³/mol. The van der Waals surface area contributed by atoms with Crippen molar-refractivity contribution in [3.63, 3.8) is 0 Å². The summed E-state index contributed by atoms with van der Waals surface area (Å²) in [7, 11) is 3.30. The number of nitrogens with zero attached hydrogens (tertiary/aromatic N) is 1. The number of carbonyl (C=O) groups excluding carboxylic acids is 1. The van der Waals surface area contributed by atoms with Crippen LogP contribution in [0.4, 0.5) is 0 Å². The molecule has 1 aromatic rings. The molecule has 0 fully saturated rings. The zero-order valence-corrected chi connectivity index (χ0v) is 12.4. The second kappa shape index (κ2) is 7.24. The van der Waals surface area contributed by atoms with Crippen LogP contribution in [0.25, 0.3) is 0 Å². The van der Waals surface area contributed by atoms with Gasteiger partial charge in [0.1, 0.15) is 11.5 Å². The Kier molecular flexibility index (Phi) is 5.96. The standard InChI is InChI=1S/C15H23NO3/c1-10-9-16-14(12(3)15(10)19-5)8-13(17)7-6-11(2)18-4/h9,11H,6-8H2,1-5H3. The maximum atomic E-state index is 11.9. The molecule has 0 amide bonds. The summed E-state index contributed by atoms with van der Waals surface area (Å²) in [5.41, 5.74) is 2.75.